The lowest BCUT2D eigenvalue weighted by atomic mass is 10.4. The number of thiophene rings is 1. The molecule has 0 saturated heterocycles. The molecule has 1 atom stereocenters. The third-order valence-corrected chi connectivity index (χ3v) is 6.15. The van der Waals surface area contributed by atoms with Crippen LogP contribution in [0.15, 0.2) is 20.1 Å². The first-order valence-electron chi connectivity index (χ1n) is 3.89. The van der Waals surface area contributed by atoms with Crippen molar-refractivity contribution in [3.63, 3.8) is 0 Å². The van der Waals surface area contributed by atoms with Gasteiger partial charge in [-0.25, -0.2) is 13.1 Å². The second kappa shape index (κ2) is 4.88. The molecule has 0 bridgehead atoms. The van der Waals surface area contributed by atoms with E-state index in [0.717, 1.165) is 11.3 Å². The molecule has 3 N–H and O–H groups in total. The van der Waals surface area contributed by atoms with Crippen molar-refractivity contribution >= 4 is 54.5 Å². The Morgan fingerprint density at radius 3 is 2.73 bits per heavy atom. The molecule has 1 unspecified atom stereocenters. The molecule has 1 aromatic rings. The fourth-order valence-corrected chi connectivity index (χ4v) is 4.53. The molecule has 0 fully saturated rings. The molecular weight excluding hydrogens is 320 g/mol. The number of hydrogen-bond donors (Lipinski definition) is 2. The average Bonchev–Trinajstić information content (AvgIpc) is 2.50. The Balaban J connectivity index is 2.96. The third-order valence-electron chi connectivity index (χ3n) is 1.59. The Morgan fingerprint density at radius 1 is 1.73 bits per heavy atom. The van der Waals surface area contributed by atoms with E-state index in [-0.39, 0.29) is 9.20 Å². The molecule has 0 radical (unpaired) electrons. The van der Waals surface area contributed by atoms with Gasteiger partial charge in [-0.15, -0.1) is 11.3 Å². The standard InChI is InChI=1S/C7H9BrN2O2S3/c1-4(6(9)13)10-15(11,12)7-5(8)2-3-14-7/h2-4,10H,1H3,(H2,9,13). The summed E-state index contributed by atoms with van der Waals surface area (Å²) in [6.07, 6.45) is 0. The predicted octanol–water partition coefficient (Wildman–Crippen LogP) is 1.46. The zero-order valence-electron chi connectivity index (χ0n) is 7.73. The van der Waals surface area contributed by atoms with Gasteiger partial charge in [0.25, 0.3) is 10.0 Å². The minimum atomic E-state index is -3.54. The maximum absolute atomic E-state index is 11.8. The van der Waals surface area contributed by atoms with Crippen molar-refractivity contribution in [2.45, 2.75) is 17.2 Å². The van der Waals surface area contributed by atoms with Crippen LogP contribution in [-0.4, -0.2) is 19.4 Å². The molecule has 1 heterocycles. The van der Waals surface area contributed by atoms with Gasteiger partial charge < -0.3 is 5.73 Å². The molecule has 0 spiro atoms. The van der Waals surface area contributed by atoms with Gasteiger partial charge >= 0.3 is 0 Å². The van der Waals surface area contributed by atoms with Crippen LogP contribution >= 0.6 is 39.5 Å². The SMILES string of the molecule is CC(NS(=O)(=O)c1sccc1Br)C(N)=S. The number of hydrogen-bond acceptors (Lipinski definition) is 4. The first kappa shape index (κ1) is 13.0. The van der Waals surface area contributed by atoms with E-state index >= 15 is 0 Å². The molecule has 0 saturated carbocycles. The van der Waals surface area contributed by atoms with Crippen molar-refractivity contribution in [1.29, 1.82) is 0 Å². The van der Waals surface area contributed by atoms with E-state index in [1.807, 2.05) is 0 Å². The Bertz CT molecular complexity index is 468. The number of sulfonamides is 1. The number of nitrogens with two attached hydrogens (primary N) is 1. The molecule has 1 rings (SSSR count). The van der Waals surface area contributed by atoms with E-state index in [4.69, 9.17) is 18.0 Å². The minimum absolute atomic E-state index is 0.117. The highest BCUT2D eigenvalue weighted by Crippen LogP contribution is 2.27. The topological polar surface area (TPSA) is 72.2 Å². The van der Waals surface area contributed by atoms with Crippen molar-refractivity contribution < 1.29 is 8.42 Å². The van der Waals surface area contributed by atoms with Crippen LogP contribution in [0, 0.1) is 0 Å². The van der Waals surface area contributed by atoms with Crippen molar-refractivity contribution in [2.24, 2.45) is 5.73 Å². The van der Waals surface area contributed by atoms with Gasteiger partial charge in [0.15, 0.2) is 0 Å². The largest absolute Gasteiger partial charge is 0.392 e. The van der Waals surface area contributed by atoms with Gasteiger partial charge in [-0.3, -0.25) is 0 Å². The van der Waals surface area contributed by atoms with Crippen LogP contribution in [0.1, 0.15) is 6.92 Å². The maximum Gasteiger partial charge on any atom is 0.251 e. The summed E-state index contributed by atoms with van der Waals surface area (Å²) < 4.78 is 26.7. The summed E-state index contributed by atoms with van der Waals surface area (Å²) in [5, 5.41) is 1.68. The van der Waals surface area contributed by atoms with Crippen LogP contribution in [0.5, 0.6) is 0 Å². The molecule has 0 amide bonds. The van der Waals surface area contributed by atoms with Crippen molar-refractivity contribution in [3.8, 4) is 0 Å². The van der Waals surface area contributed by atoms with E-state index in [9.17, 15) is 8.42 Å². The Kier molecular flexibility index (Phi) is 4.24. The maximum atomic E-state index is 11.8. The van der Waals surface area contributed by atoms with Crippen LogP contribution in [-0.2, 0) is 10.0 Å². The summed E-state index contributed by atoms with van der Waals surface area (Å²) in [6, 6.07) is 1.11. The first-order valence-corrected chi connectivity index (χ1v) is 7.45. The van der Waals surface area contributed by atoms with Gasteiger partial charge in [0.2, 0.25) is 0 Å². The number of nitrogens with one attached hydrogen (secondary N) is 1. The first-order chi connectivity index (χ1) is 6.84. The molecule has 0 aliphatic heterocycles. The second-order valence-electron chi connectivity index (χ2n) is 2.80. The summed E-state index contributed by atoms with van der Waals surface area (Å²) in [7, 11) is -3.54. The average molecular weight is 329 g/mol. The van der Waals surface area contributed by atoms with Crippen molar-refractivity contribution in [2.75, 3.05) is 0 Å². The summed E-state index contributed by atoms with van der Waals surface area (Å²) in [4.78, 5) is 0.117. The van der Waals surface area contributed by atoms with Crippen LogP contribution in [0.25, 0.3) is 0 Å². The normalized spacial score (nSPS) is 13.7. The highest BCUT2D eigenvalue weighted by molar-refractivity contribution is 9.10. The summed E-state index contributed by atoms with van der Waals surface area (Å²) in [5.74, 6) is 0. The van der Waals surface area contributed by atoms with Crippen LogP contribution in [0.2, 0.25) is 0 Å². The lowest BCUT2D eigenvalue weighted by Crippen LogP contribution is -2.40. The molecule has 1 aromatic heterocycles. The van der Waals surface area contributed by atoms with Gasteiger partial charge in [-0.1, -0.05) is 12.2 Å². The molecule has 15 heavy (non-hydrogen) atoms. The van der Waals surface area contributed by atoms with E-state index in [1.54, 1.807) is 18.4 Å². The van der Waals surface area contributed by atoms with Crippen LogP contribution in [0.4, 0.5) is 0 Å². The van der Waals surface area contributed by atoms with Gasteiger partial charge in [0.05, 0.1) is 11.0 Å². The lowest BCUT2D eigenvalue weighted by Gasteiger charge is -2.11. The fraction of sp³-hybridized carbons (Fsp3) is 0.286. The van der Waals surface area contributed by atoms with Crippen LogP contribution in [0.3, 0.4) is 0 Å². The molecule has 8 heteroatoms. The van der Waals surface area contributed by atoms with Gasteiger partial charge in [-0.05, 0) is 34.3 Å². The number of halogens is 1. The van der Waals surface area contributed by atoms with Crippen molar-refractivity contribution in [3.05, 3.63) is 15.9 Å². The number of thiocarbonyl (C=S) groups is 1. The smallest absolute Gasteiger partial charge is 0.251 e. The molecule has 4 nitrogen and oxygen atoms in total. The van der Waals surface area contributed by atoms with E-state index in [0.29, 0.717) is 4.47 Å². The Labute approximate surface area is 106 Å². The van der Waals surface area contributed by atoms with Crippen molar-refractivity contribution in [1.82, 2.24) is 4.72 Å². The Hall–Kier alpha value is -0.0200. The molecule has 0 aromatic carbocycles. The molecule has 0 aliphatic carbocycles. The zero-order valence-corrected chi connectivity index (χ0v) is 11.8. The van der Waals surface area contributed by atoms with Gasteiger partial charge in [0.1, 0.15) is 4.21 Å². The third kappa shape index (κ3) is 3.22. The van der Waals surface area contributed by atoms with E-state index in [2.05, 4.69) is 20.7 Å². The second-order valence-corrected chi connectivity index (χ2v) is 6.95. The lowest BCUT2D eigenvalue weighted by molar-refractivity contribution is 0.580. The zero-order chi connectivity index (χ0) is 11.6. The quantitative estimate of drug-likeness (QED) is 0.821. The summed E-state index contributed by atoms with van der Waals surface area (Å²) in [6.45, 7) is 1.60. The Morgan fingerprint density at radius 2 is 2.33 bits per heavy atom. The van der Waals surface area contributed by atoms with Gasteiger partial charge in [-0.2, -0.15) is 0 Å². The summed E-state index contributed by atoms with van der Waals surface area (Å²) in [5.41, 5.74) is 5.33. The molecular formula is C7H9BrN2O2S3. The van der Waals surface area contributed by atoms with E-state index in [1.165, 1.54) is 0 Å². The monoisotopic (exact) mass is 328 g/mol. The minimum Gasteiger partial charge on any atom is -0.392 e. The summed E-state index contributed by atoms with van der Waals surface area (Å²) >= 11 is 8.98. The fourth-order valence-electron chi connectivity index (χ4n) is 0.816. The number of rotatable bonds is 4. The highest BCUT2D eigenvalue weighted by atomic mass is 79.9. The van der Waals surface area contributed by atoms with Crippen LogP contribution < -0.4 is 10.5 Å². The molecule has 84 valence electrons. The van der Waals surface area contributed by atoms with E-state index < -0.39 is 16.1 Å². The molecule has 0 aliphatic rings. The van der Waals surface area contributed by atoms with Gasteiger partial charge in [0, 0.05) is 4.47 Å². The highest BCUT2D eigenvalue weighted by Gasteiger charge is 2.22. The predicted molar refractivity (Wildman–Crippen MR) is 68.6 cm³/mol.